The summed E-state index contributed by atoms with van der Waals surface area (Å²) in [5.74, 6) is -17.6. The van der Waals surface area contributed by atoms with Crippen molar-refractivity contribution in [1.29, 1.82) is 0 Å². The highest BCUT2D eigenvalue weighted by Crippen LogP contribution is 2.67. The number of halogens is 13. The molecule has 0 amide bonds. The Hall–Kier alpha value is -1.00. The lowest BCUT2D eigenvalue weighted by molar-refractivity contribution is -0.461. The van der Waals surface area contributed by atoms with Gasteiger partial charge in [0.2, 0.25) is 5.41 Å². The number of hydrogen-bond donors (Lipinski definition) is 1. The number of rotatable bonds is 6. The van der Waals surface area contributed by atoms with Crippen LogP contribution in [0, 0.1) is 5.41 Å². The SMILES string of the molecule is O=S(=O)(O)CCCC(C(F)(F)F)(C(F)(F)F)C(F)(F)C(F)(F)C(F)(F)F. The van der Waals surface area contributed by atoms with Crippen LogP contribution in [-0.2, 0) is 10.1 Å². The van der Waals surface area contributed by atoms with Crippen molar-refractivity contribution in [2.45, 2.75) is 43.2 Å². The summed E-state index contributed by atoms with van der Waals surface area (Å²) in [5.41, 5.74) is -6.95. The Labute approximate surface area is 135 Å². The summed E-state index contributed by atoms with van der Waals surface area (Å²) < 4.78 is 194. The van der Waals surface area contributed by atoms with Gasteiger partial charge >= 0.3 is 30.4 Å². The molecule has 0 saturated carbocycles. The van der Waals surface area contributed by atoms with Crippen molar-refractivity contribution in [1.82, 2.24) is 0 Å². The Bertz CT molecular complexity index is 584. The zero-order valence-electron chi connectivity index (χ0n) is 11.7. The molecule has 0 atom stereocenters. The van der Waals surface area contributed by atoms with Gasteiger partial charge in [0.15, 0.2) is 0 Å². The van der Waals surface area contributed by atoms with Gasteiger partial charge in [-0.25, -0.2) is 0 Å². The highest BCUT2D eigenvalue weighted by Gasteiger charge is 2.91. The van der Waals surface area contributed by atoms with Crippen molar-refractivity contribution in [3.8, 4) is 0 Å². The molecular formula is C9H7F13O3S. The highest BCUT2D eigenvalue weighted by molar-refractivity contribution is 7.85. The van der Waals surface area contributed by atoms with E-state index >= 15 is 0 Å². The Kier molecular flexibility index (Phi) is 6.31. The predicted octanol–water partition coefficient (Wildman–Crippen LogP) is 4.60. The molecule has 0 aliphatic heterocycles. The lowest BCUT2D eigenvalue weighted by atomic mass is 9.72. The summed E-state index contributed by atoms with van der Waals surface area (Å²) in [5, 5.41) is 0. The van der Waals surface area contributed by atoms with Crippen LogP contribution in [0.2, 0.25) is 0 Å². The molecule has 0 aliphatic rings. The van der Waals surface area contributed by atoms with Gasteiger partial charge in [0.05, 0.1) is 5.75 Å². The van der Waals surface area contributed by atoms with Crippen LogP contribution in [0.1, 0.15) is 12.8 Å². The third-order valence-electron chi connectivity index (χ3n) is 3.21. The minimum Gasteiger partial charge on any atom is -0.286 e. The van der Waals surface area contributed by atoms with Crippen LogP contribution >= 0.6 is 0 Å². The molecule has 17 heteroatoms. The van der Waals surface area contributed by atoms with Crippen molar-refractivity contribution < 1.29 is 70.0 Å². The van der Waals surface area contributed by atoms with Gasteiger partial charge in [-0.05, 0) is 12.8 Å². The quantitative estimate of drug-likeness (QED) is 0.484. The second-order valence-corrected chi connectivity index (χ2v) is 6.51. The summed E-state index contributed by atoms with van der Waals surface area (Å²) in [7, 11) is -5.34. The summed E-state index contributed by atoms with van der Waals surface area (Å²) in [6.45, 7) is 0. The third kappa shape index (κ3) is 4.12. The molecule has 0 rings (SSSR count). The molecule has 158 valence electrons. The minimum atomic E-state index is -7.80. The molecule has 0 aliphatic carbocycles. The van der Waals surface area contributed by atoms with E-state index in [9.17, 15) is 65.5 Å². The Morgan fingerprint density at radius 3 is 1.19 bits per heavy atom. The molecule has 0 aromatic heterocycles. The molecule has 0 aromatic carbocycles. The smallest absolute Gasteiger partial charge is 0.286 e. The van der Waals surface area contributed by atoms with Crippen LogP contribution in [-0.4, -0.2) is 49.1 Å². The minimum absolute atomic E-state index is 2.03. The van der Waals surface area contributed by atoms with Crippen LogP contribution in [0.3, 0.4) is 0 Å². The zero-order chi connectivity index (χ0) is 21.6. The van der Waals surface area contributed by atoms with E-state index in [2.05, 4.69) is 0 Å². The third-order valence-corrected chi connectivity index (χ3v) is 4.01. The van der Waals surface area contributed by atoms with E-state index < -0.39 is 64.5 Å². The van der Waals surface area contributed by atoms with E-state index in [1.807, 2.05) is 0 Å². The maximum absolute atomic E-state index is 13.5. The molecule has 0 fully saturated rings. The first-order chi connectivity index (χ1) is 11.0. The van der Waals surface area contributed by atoms with Gasteiger partial charge in [0.25, 0.3) is 10.1 Å². The van der Waals surface area contributed by atoms with Crippen molar-refractivity contribution in [3.63, 3.8) is 0 Å². The molecule has 0 spiro atoms. The summed E-state index contributed by atoms with van der Waals surface area (Å²) >= 11 is 0. The van der Waals surface area contributed by atoms with Gasteiger partial charge in [-0.2, -0.15) is 65.5 Å². The lowest BCUT2D eigenvalue weighted by Crippen LogP contribution is -2.70. The fraction of sp³-hybridized carbons (Fsp3) is 1.00. The highest BCUT2D eigenvalue weighted by atomic mass is 32.2. The molecule has 26 heavy (non-hydrogen) atoms. The monoisotopic (exact) mass is 442 g/mol. The fourth-order valence-electron chi connectivity index (χ4n) is 1.92. The summed E-state index contributed by atoms with van der Waals surface area (Å²) in [6, 6.07) is 0. The van der Waals surface area contributed by atoms with E-state index in [1.165, 1.54) is 0 Å². The standard InChI is InChI=1S/C9H7F13O3S/c10-5(11,6(12,13)9(20,21)22)4(7(14,15)16,8(17,18)19)2-1-3-26(23,24)25/h1-3H2,(H,23,24,25). The maximum atomic E-state index is 13.5. The molecule has 3 nitrogen and oxygen atoms in total. The fourth-order valence-corrected chi connectivity index (χ4v) is 2.43. The Morgan fingerprint density at radius 2 is 0.962 bits per heavy atom. The van der Waals surface area contributed by atoms with E-state index in [4.69, 9.17) is 4.55 Å². The number of alkyl halides is 13. The van der Waals surface area contributed by atoms with E-state index in [-0.39, 0.29) is 0 Å². The van der Waals surface area contributed by atoms with Crippen LogP contribution < -0.4 is 0 Å². The van der Waals surface area contributed by atoms with Crippen molar-refractivity contribution in [2.24, 2.45) is 5.41 Å². The zero-order valence-corrected chi connectivity index (χ0v) is 12.5. The molecule has 0 radical (unpaired) electrons. The van der Waals surface area contributed by atoms with E-state index in [1.54, 1.807) is 0 Å². The molecule has 0 heterocycles. The van der Waals surface area contributed by atoms with Crippen LogP contribution in [0.4, 0.5) is 57.1 Å². The first-order valence-corrected chi connectivity index (χ1v) is 7.47. The second kappa shape index (κ2) is 6.56. The number of hydrogen-bond acceptors (Lipinski definition) is 2. The predicted molar refractivity (Wildman–Crippen MR) is 56.1 cm³/mol. The van der Waals surface area contributed by atoms with Crippen molar-refractivity contribution >= 4 is 10.1 Å². The molecular weight excluding hydrogens is 435 g/mol. The average molecular weight is 442 g/mol. The summed E-state index contributed by atoms with van der Waals surface area (Å²) in [6.07, 6.45) is -27.7. The Morgan fingerprint density at radius 1 is 0.615 bits per heavy atom. The topological polar surface area (TPSA) is 54.4 Å². The molecule has 0 saturated heterocycles. The average Bonchev–Trinajstić information content (AvgIpc) is 2.27. The van der Waals surface area contributed by atoms with Gasteiger partial charge in [0.1, 0.15) is 0 Å². The van der Waals surface area contributed by atoms with E-state index in [0.717, 1.165) is 0 Å². The van der Waals surface area contributed by atoms with Gasteiger partial charge in [0, 0.05) is 0 Å². The van der Waals surface area contributed by atoms with Gasteiger partial charge in [-0.1, -0.05) is 0 Å². The normalized spacial score (nSPS) is 16.1. The van der Waals surface area contributed by atoms with Gasteiger partial charge in [-0.3, -0.25) is 4.55 Å². The van der Waals surface area contributed by atoms with Crippen LogP contribution in [0.25, 0.3) is 0 Å². The van der Waals surface area contributed by atoms with Crippen molar-refractivity contribution in [3.05, 3.63) is 0 Å². The lowest BCUT2D eigenvalue weighted by Gasteiger charge is -2.45. The molecule has 1 N–H and O–H groups in total. The first-order valence-electron chi connectivity index (χ1n) is 5.86. The molecule has 0 unspecified atom stereocenters. The maximum Gasteiger partial charge on any atom is 0.459 e. The van der Waals surface area contributed by atoms with E-state index in [0.29, 0.717) is 0 Å². The molecule has 0 aromatic rings. The van der Waals surface area contributed by atoms with Gasteiger partial charge in [-0.15, -0.1) is 0 Å². The van der Waals surface area contributed by atoms with Crippen LogP contribution in [0.5, 0.6) is 0 Å². The van der Waals surface area contributed by atoms with Gasteiger partial charge < -0.3 is 0 Å². The first kappa shape index (κ1) is 25.0. The largest absolute Gasteiger partial charge is 0.459 e. The summed E-state index contributed by atoms with van der Waals surface area (Å²) in [4.78, 5) is 0. The van der Waals surface area contributed by atoms with Crippen LogP contribution in [0.15, 0.2) is 0 Å². The Balaban J connectivity index is 6.66. The molecule has 0 bridgehead atoms. The second-order valence-electron chi connectivity index (χ2n) is 4.94. The van der Waals surface area contributed by atoms with Crippen molar-refractivity contribution in [2.75, 3.05) is 5.75 Å².